The molecule has 0 fully saturated rings. The minimum atomic E-state index is -0.844. The van der Waals surface area contributed by atoms with E-state index in [-0.39, 0.29) is 12.5 Å². The molecule has 0 aromatic heterocycles. The second-order valence-corrected chi connectivity index (χ2v) is 6.00. The predicted molar refractivity (Wildman–Crippen MR) is 74.8 cm³/mol. The average molecular weight is 287 g/mol. The molecule has 20 heavy (non-hydrogen) atoms. The number of rotatable bonds is 5. The Kier molecular flexibility index (Phi) is 7.20. The largest absolute Gasteiger partial charge is 0.444 e. The topological polar surface area (TPSA) is 111 Å². The number of nitrogens with one attached hydrogen (secondary N) is 2. The van der Waals surface area contributed by atoms with E-state index in [1.54, 1.807) is 20.8 Å². The average Bonchev–Trinajstić information content (AvgIpc) is 2.21. The highest BCUT2D eigenvalue weighted by atomic mass is 16.6. The summed E-state index contributed by atoms with van der Waals surface area (Å²) in [6.07, 6.45) is -0.317. The van der Waals surface area contributed by atoms with Crippen molar-refractivity contribution in [3.8, 4) is 0 Å². The molecule has 7 nitrogen and oxygen atoms in total. The molecule has 0 spiro atoms. The first kappa shape index (κ1) is 18.4. The number of carbonyl (C=O) groups is 3. The Labute approximate surface area is 119 Å². The van der Waals surface area contributed by atoms with Crippen LogP contribution in [0.3, 0.4) is 0 Å². The molecule has 3 amide bonds. The number of carbonyl (C=O) groups excluding carboxylic acids is 3. The number of imide groups is 1. The number of alkyl carbamates (subject to hydrolysis) is 1. The van der Waals surface area contributed by atoms with Crippen LogP contribution < -0.4 is 16.4 Å². The Balaban J connectivity index is 4.05. The fourth-order valence-electron chi connectivity index (χ4n) is 1.38. The van der Waals surface area contributed by atoms with Crippen LogP contribution in [0.4, 0.5) is 4.79 Å². The van der Waals surface area contributed by atoms with Crippen molar-refractivity contribution >= 4 is 17.9 Å². The van der Waals surface area contributed by atoms with E-state index >= 15 is 0 Å². The van der Waals surface area contributed by atoms with E-state index in [1.807, 2.05) is 19.2 Å². The fraction of sp³-hybridized carbons (Fsp3) is 0.769. The van der Waals surface area contributed by atoms with Crippen molar-refractivity contribution in [2.24, 2.45) is 11.7 Å². The molecule has 0 aromatic carbocycles. The smallest absolute Gasteiger partial charge is 0.414 e. The van der Waals surface area contributed by atoms with E-state index in [2.05, 4.69) is 5.32 Å². The van der Waals surface area contributed by atoms with Crippen LogP contribution >= 0.6 is 0 Å². The molecule has 116 valence electrons. The van der Waals surface area contributed by atoms with Gasteiger partial charge in [0.15, 0.2) is 0 Å². The van der Waals surface area contributed by atoms with E-state index in [1.165, 1.54) is 0 Å². The van der Waals surface area contributed by atoms with Crippen LogP contribution in [-0.2, 0) is 14.3 Å². The lowest BCUT2D eigenvalue weighted by Crippen LogP contribution is -2.47. The third-order valence-electron chi connectivity index (χ3n) is 2.13. The highest BCUT2D eigenvalue weighted by Gasteiger charge is 2.19. The Morgan fingerprint density at radius 3 is 2.20 bits per heavy atom. The quantitative estimate of drug-likeness (QED) is 0.683. The molecule has 0 bridgehead atoms. The van der Waals surface area contributed by atoms with Gasteiger partial charge in [0.2, 0.25) is 11.8 Å². The first-order valence-electron chi connectivity index (χ1n) is 6.57. The lowest BCUT2D eigenvalue weighted by Gasteiger charge is -2.19. The summed E-state index contributed by atoms with van der Waals surface area (Å²) in [4.78, 5) is 34.3. The van der Waals surface area contributed by atoms with Gasteiger partial charge in [-0.2, -0.15) is 0 Å². The van der Waals surface area contributed by atoms with Crippen molar-refractivity contribution in [2.75, 3.05) is 6.54 Å². The number of hydrogen-bond donors (Lipinski definition) is 3. The van der Waals surface area contributed by atoms with Crippen molar-refractivity contribution in [1.29, 1.82) is 0 Å². The van der Waals surface area contributed by atoms with Crippen molar-refractivity contribution < 1.29 is 19.1 Å². The van der Waals surface area contributed by atoms with E-state index in [9.17, 15) is 14.4 Å². The third kappa shape index (κ3) is 9.32. The standard InChI is InChI=1S/C13H25N3O4/c1-8(2)6-9(14)11(18)15-7-10(17)16-12(19)20-13(3,4)5/h8-9H,6-7,14H2,1-5H3,(H,15,18)(H,16,17,19)/t9-/m1/s1. The van der Waals surface area contributed by atoms with Crippen LogP contribution in [0.2, 0.25) is 0 Å². The SMILES string of the molecule is CC(C)C[C@@H](N)C(=O)NCC(=O)NC(=O)OC(C)(C)C. The summed E-state index contributed by atoms with van der Waals surface area (Å²) in [5.41, 5.74) is 4.97. The molecular weight excluding hydrogens is 262 g/mol. The molecule has 0 saturated heterocycles. The maximum absolute atomic E-state index is 11.6. The maximum Gasteiger partial charge on any atom is 0.414 e. The summed E-state index contributed by atoms with van der Waals surface area (Å²) >= 11 is 0. The van der Waals surface area contributed by atoms with Gasteiger partial charge in [0.25, 0.3) is 0 Å². The number of hydrogen-bond acceptors (Lipinski definition) is 5. The van der Waals surface area contributed by atoms with Gasteiger partial charge in [-0.15, -0.1) is 0 Å². The molecule has 0 aliphatic carbocycles. The van der Waals surface area contributed by atoms with Gasteiger partial charge in [-0.3, -0.25) is 14.9 Å². The van der Waals surface area contributed by atoms with Gasteiger partial charge < -0.3 is 15.8 Å². The van der Waals surface area contributed by atoms with E-state index in [4.69, 9.17) is 10.5 Å². The van der Waals surface area contributed by atoms with Crippen molar-refractivity contribution in [1.82, 2.24) is 10.6 Å². The summed E-state index contributed by atoms with van der Waals surface area (Å²) in [6, 6.07) is -0.663. The van der Waals surface area contributed by atoms with E-state index in [0.29, 0.717) is 6.42 Å². The lowest BCUT2D eigenvalue weighted by atomic mass is 10.0. The number of amides is 3. The van der Waals surface area contributed by atoms with Crippen molar-refractivity contribution in [2.45, 2.75) is 52.7 Å². The van der Waals surface area contributed by atoms with Crippen LogP contribution in [0.1, 0.15) is 41.0 Å². The van der Waals surface area contributed by atoms with Gasteiger partial charge in [-0.05, 0) is 33.1 Å². The summed E-state index contributed by atoms with van der Waals surface area (Å²) in [6.45, 7) is 8.63. The Morgan fingerprint density at radius 2 is 1.75 bits per heavy atom. The Bertz CT molecular complexity index is 361. The first-order valence-corrected chi connectivity index (χ1v) is 6.57. The van der Waals surface area contributed by atoms with Crippen LogP contribution in [0.25, 0.3) is 0 Å². The minimum absolute atomic E-state index is 0.284. The predicted octanol–water partition coefficient (Wildman–Crippen LogP) is 0.527. The maximum atomic E-state index is 11.6. The van der Waals surface area contributed by atoms with Gasteiger partial charge in [0.1, 0.15) is 5.60 Å². The highest BCUT2D eigenvalue weighted by Crippen LogP contribution is 2.06. The zero-order valence-corrected chi connectivity index (χ0v) is 12.8. The molecule has 7 heteroatoms. The Hall–Kier alpha value is -1.63. The van der Waals surface area contributed by atoms with E-state index < -0.39 is 29.6 Å². The summed E-state index contributed by atoms with van der Waals surface area (Å²) < 4.78 is 4.91. The normalized spacial score (nSPS) is 12.8. The Morgan fingerprint density at radius 1 is 1.20 bits per heavy atom. The molecule has 0 saturated carbocycles. The van der Waals surface area contributed by atoms with E-state index in [0.717, 1.165) is 0 Å². The van der Waals surface area contributed by atoms with Gasteiger partial charge in [-0.1, -0.05) is 13.8 Å². The van der Waals surface area contributed by atoms with Gasteiger partial charge in [-0.25, -0.2) is 4.79 Å². The summed E-state index contributed by atoms with van der Waals surface area (Å²) in [5, 5.41) is 4.39. The zero-order valence-electron chi connectivity index (χ0n) is 12.8. The molecule has 1 atom stereocenters. The molecule has 0 unspecified atom stereocenters. The minimum Gasteiger partial charge on any atom is -0.444 e. The summed E-state index contributed by atoms with van der Waals surface area (Å²) in [5.74, 6) is -0.784. The molecule has 4 N–H and O–H groups in total. The van der Waals surface area contributed by atoms with Gasteiger partial charge >= 0.3 is 6.09 Å². The van der Waals surface area contributed by atoms with Crippen molar-refractivity contribution in [3.63, 3.8) is 0 Å². The number of ether oxygens (including phenoxy) is 1. The van der Waals surface area contributed by atoms with Crippen LogP contribution in [0, 0.1) is 5.92 Å². The highest BCUT2D eigenvalue weighted by molar-refractivity contribution is 5.95. The third-order valence-corrected chi connectivity index (χ3v) is 2.13. The zero-order chi connectivity index (χ0) is 15.9. The van der Waals surface area contributed by atoms with Crippen molar-refractivity contribution in [3.05, 3.63) is 0 Å². The van der Waals surface area contributed by atoms with Crippen LogP contribution in [-0.4, -0.2) is 36.1 Å². The second kappa shape index (κ2) is 7.84. The molecule has 0 aromatic rings. The fourth-order valence-corrected chi connectivity index (χ4v) is 1.38. The molecule has 0 heterocycles. The molecule has 0 rings (SSSR count). The lowest BCUT2D eigenvalue weighted by molar-refractivity contribution is -0.126. The molecule has 0 aliphatic rings. The number of nitrogens with two attached hydrogens (primary N) is 1. The first-order chi connectivity index (χ1) is 9.01. The van der Waals surface area contributed by atoms with Gasteiger partial charge in [0.05, 0.1) is 12.6 Å². The van der Waals surface area contributed by atoms with Crippen LogP contribution in [0.15, 0.2) is 0 Å². The monoisotopic (exact) mass is 287 g/mol. The van der Waals surface area contributed by atoms with Gasteiger partial charge in [0, 0.05) is 0 Å². The molecule has 0 radical (unpaired) electrons. The molecular formula is C13H25N3O4. The van der Waals surface area contributed by atoms with Crippen LogP contribution in [0.5, 0.6) is 0 Å². The molecule has 0 aliphatic heterocycles. The second-order valence-electron chi connectivity index (χ2n) is 6.00. The summed E-state index contributed by atoms with van der Waals surface area (Å²) in [7, 11) is 0.